The van der Waals surface area contributed by atoms with E-state index < -0.39 is 0 Å². The predicted molar refractivity (Wildman–Crippen MR) is 79.2 cm³/mol. The summed E-state index contributed by atoms with van der Waals surface area (Å²) in [6.45, 7) is 0. The lowest BCUT2D eigenvalue weighted by Gasteiger charge is -2.10. The molecule has 0 radical (unpaired) electrons. The molecule has 0 aliphatic carbocycles. The molecule has 0 N–H and O–H groups in total. The number of benzene rings is 1. The number of rotatable bonds is 3. The topological polar surface area (TPSA) is 44.1 Å². The molecule has 4 nitrogen and oxygen atoms in total. The predicted octanol–water partition coefficient (Wildman–Crippen LogP) is 2.54. The van der Waals surface area contributed by atoms with E-state index in [-0.39, 0.29) is 5.56 Å². The summed E-state index contributed by atoms with van der Waals surface area (Å²) < 4.78 is 6.59. The maximum Gasteiger partial charge on any atom is 0.270 e. The molecule has 0 aliphatic heterocycles. The second-order valence-electron chi connectivity index (χ2n) is 3.99. The van der Waals surface area contributed by atoms with Crippen LogP contribution in [0.25, 0.3) is 11.3 Å². The van der Waals surface area contributed by atoms with Crippen molar-refractivity contribution in [3.63, 3.8) is 0 Å². The number of nitrogens with zero attached hydrogens (tertiary/aromatic N) is 2. The second-order valence-corrected chi connectivity index (χ2v) is 4.74. The fourth-order valence-electron chi connectivity index (χ4n) is 1.80. The molecule has 2 rings (SSSR count). The normalized spacial score (nSPS) is 10.5. The number of aromatic nitrogens is 2. The van der Waals surface area contributed by atoms with E-state index in [4.69, 9.17) is 16.3 Å². The van der Waals surface area contributed by atoms with Gasteiger partial charge in [-0.1, -0.05) is 11.6 Å². The van der Waals surface area contributed by atoms with E-state index >= 15 is 0 Å². The number of ether oxygens (including phenoxy) is 1. The van der Waals surface area contributed by atoms with Gasteiger partial charge in [-0.3, -0.25) is 4.79 Å². The van der Waals surface area contributed by atoms with Gasteiger partial charge >= 0.3 is 0 Å². The van der Waals surface area contributed by atoms with Gasteiger partial charge in [0.25, 0.3) is 5.56 Å². The van der Waals surface area contributed by atoms with Crippen molar-refractivity contribution in [2.45, 2.75) is 5.75 Å². The zero-order valence-corrected chi connectivity index (χ0v) is 12.2. The van der Waals surface area contributed by atoms with E-state index in [2.05, 4.69) is 17.7 Å². The zero-order valence-electron chi connectivity index (χ0n) is 10.6. The molecule has 0 unspecified atom stereocenters. The van der Waals surface area contributed by atoms with Gasteiger partial charge in [-0.15, -0.1) is 0 Å². The molecule has 1 heterocycles. The number of aryl methyl sites for hydroxylation is 1. The summed E-state index contributed by atoms with van der Waals surface area (Å²) in [6, 6.07) is 6.98. The van der Waals surface area contributed by atoms with E-state index in [0.29, 0.717) is 27.8 Å². The Kier molecular flexibility index (Phi) is 4.17. The van der Waals surface area contributed by atoms with E-state index in [1.54, 1.807) is 38.4 Å². The van der Waals surface area contributed by atoms with Gasteiger partial charge in [0.1, 0.15) is 5.75 Å². The van der Waals surface area contributed by atoms with E-state index in [1.807, 2.05) is 0 Å². The minimum absolute atomic E-state index is 0.153. The van der Waals surface area contributed by atoms with Crippen LogP contribution in [0.1, 0.15) is 5.56 Å². The summed E-state index contributed by atoms with van der Waals surface area (Å²) >= 11 is 10.2. The molecular weight excluding hydrogens is 284 g/mol. The molecule has 2 aromatic rings. The molecule has 0 atom stereocenters. The highest BCUT2D eigenvalue weighted by molar-refractivity contribution is 7.79. The lowest BCUT2D eigenvalue weighted by molar-refractivity contribution is 0.416. The fourth-order valence-corrected chi connectivity index (χ4v) is 2.19. The first-order chi connectivity index (χ1) is 9.06. The summed E-state index contributed by atoms with van der Waals surface area (Å²) in [5.41, 5.74) is 1.80. The molecule has 19 heavy (non-hydrogen) atoms. The standard InChI is InChI=1S/C13H13ClN2O2S/c1-16-13(17)8(7-19)5-11(15-16)10-6-9(14)3-4-12(10)18-2/h3-6,19H,7H2,1-2H3. The Labute approximate surface area is 121 Å². The Hall–Kier alpha value is -1.46. The van der Waals surface area contributed by atoms with Crippen molar-refractivity contribution >= 4 is 24.2 Å². The largest absolute Gasteiger partial charge is 0.496 e. The molecule has 0 fully saturated rings. The molecule has 1 aromatic carbocycles. The van der Waals surface area contributed by atoms with E-state index in [0.717, 1.165) is 5.56 Å². The van der Waals surface area contributed by atoms with Crippen molar-refractivity contribution in [3.8, 4) is 17.0 Å². The molecule has 100 valence electrons. The van der Waals surface area contributed by atoms with Crippen LogP contribution in [0.2, 0.25) is 5.02 Å². The third-order valence-corrected chi connectivity index (χ3v) is 3.32. The first-order valence-corrected chi connectivity index (χ1v) is 6.60. The lowest BCUT2D eigenvalue weighted by Crippen LogP contribution is -2.23. The van der Waals surface area contributed by atoms with Crippen LogP contribution in [-0.4, -0.2) is 16.9 Å². The van der Waals surface area contributed by atoms with Gasteiger partial charge < -0.3 is 4.74 Å². The first kappa shape index (κ1) is 14.0. The molecule has 0 aliphatic rings. The van der Waals surface area contributed by atoms with Crippen molar-refractivity contribution in [2.75, 3.05) is 7.11 Å². The van der Waals surface area contributed by atoms with Gasteiger partial charge in [0.15, 0.2) is 0 Å². The molecule has 0 saturated heterocycles. The fraction of sp³-hybridized carbons (Fsp3) is 0.231. The third kappa shape index (κ3) is 2.77. The SMILES string of the molecule is COc1ccc(Cl)cc1-c1cc(CS)c(=O)n(C)n1. The number of thiol groups is 1. The summed E-state index contributed by atoms with van der Waals surface area (Å²) in [5, 5.41) is 4.82. The zero-order chi connectivity index (χ0) is 14.0. The van der Waals surface area contributed by atoms with Crippen LogP contribution in [0.4, 0.5) is 0 Å². The highest BCUT2D eigenvalue weighted by atomic mass is 35.5. The smallest absolute Gasteiger partial charge is 0.270 e. The number of hydrogen-bond donors (Lipinski definition) is 1. The van der Waals surface area contributed by atoms with Gasteiger partial charge in [0, 0.05) is 29.0 Å². The summed E-state index contributed by atoms with van der Waals surface area (Å²) in [7, 11) is 3.18. The average Bonchev–Trinajstić information content (AvgIpc) is 2.41. The Bertz CT molecular complexity index is 670. The van der Waals surface area contributed by atoms with Crippen molar-refractivity contribution in [1.82, 2.24) is 9.78 Å². The highest BCUT2D eigenvalue weighted by Gasteiger charge is 2.12. The van der Waals surface area contributed by atoms with Crippen LogP contribution in [0.15, 0.2) is 29.1 Å². The second kappa shape index (κ2) is 5.67. The van der Waals surface area contributed by atoms with Crippen LogP contribution in [0.3, 0.4) is 0 Å². The molecule has 1 aromatic heterocycles. The average molecular weight is 297 g/mol. The van der Waals surface area contributed by atoms with Gasteiger partial charge in [0.2, 0.25) is 0 Å². The van der Waals surface area contributed by atoms with Crippen LogP contribution >= 0.6 is 24.2 Å². The Morgan fingerprint density at radius 1 is 1.42 bits per heavy atom. The molecule has 0 saturated carbocycles. The molecule has 0 bridgehead atoms. The lowest BCUT2D eigenvalue weighted by atomic mass is 10.1. The summed E-state index contributed by atoms with van der Waals surface area (Å²) in [5.74, 6) is 1.01. The molecule has 0 amide bonds. The minimum atomic E-state index is -0.153. The number of halogens is 1. The third-order valence-electron chi connectivity index (χ3n) is 2.75. The van der Waals surface area contributed by atoms with Gasteiger partial charge in [-0.05, 0) is 24.3 Å². The van der Waals surface area contributed by atoms with Gasteiger partial charge in [-0.2, -0.15) is 17.7 Å². The van der Waals surface area contributed by atoms with Gasteiger partial charge in [-0.25, -0.2) is 4.68 Å². The van der Waals surface area contributed by atoms with Gasteiger partial charge in [0.05, 0.1) is 12.8 Å². The molecular formula is C13H13ClN2O2S. The van der Waals surface area contributed by atoms with Crippen LogP contribution in [-0.2, 0) is 12.8 Å². The Morgan fingerprint density at radius 2 is 2.16 bits per heavy atom. The quantitative estimate of drug-likeness (QED) is 0.885. The van der Waals surface area contributed by atoms with Crippen molar-refractivity contribution < 1.29 is 4.74 Å². The monoisotopic (exact) mass is 296 g/mol. The van der Waals surface area contributed by atoms with E-state index in [1.165, 1.54) is 4.68 Å². The van der Waals surface area contributed by atoms with Crippen molar-refractivity contribution in [2.24, 2.45) is 7.05 Å². The summed E-state index contributed by atoms with van der Waals surface area (Å²) in [6.07, 6.45) is 0. The molecule has 0 spiro atoms. The highest BCUT2D eigenvalue weighted by Crippen LogP contribution is 2.31. The number of hydrogen-bond acceptors (Lipinski definition) is 4. The first-order valence-electron chi connectivity index (χ1n) is 5.59. The number of methoxy groups -OCH3 is 1. The van der Waals surface area contributed by atoms with Crippen LogP contribution in [0, 0.1) is 0 Å². The summed E-state index contributed by atoms with van der Waals surface area (Å²) in [4.78, 5) is 11.8. The maximum absolute atomic E-state index is 11.8. The maximum atomic E-state index is 11.8. The molecule has 6 heteroatoms. The van der Waals surface area contributed by atoms with Crippen LogP contribution < -0.4 is 10.3 Å². The Morgan fingerprint density at radius 3 is 2.79 bits per heavy atom. The Balaban J connectivity index is 2.68. The minimum Gasteiger partial charge on any atom is -0.496 e. The van der Waals surface area contributed by atoms with Crippen molar-refractivity contribution in [3.05, 3.63) is 45.2 Å². The van der Waals surface area contributed by atoms with Crippen molar-refractivity contribution in [1.29, 1.82) is 0 Å². The van der Waals surface area contributed by atoms with E-state index in [9.17, 15) is 4.79 Å². The van der Waals surface area contributed by atoms with Crippen LogP contribution in [0.5, 0.6) is 5.75 Å².